The summed E-state index contributed by atoms with van der Waals surface area (Å²) in [6, 6.07) is 0. The average molecular weight is 297 g/mol. The van der Waals surface area contributed by atoms with Gasteiger partial charge < -0.3 is 10.5 Å². The molecule has 0 bridgehead atoms. The van der Waals surface area contributed by atoms with E-state index in [2.05, 4.69) is 4.98 Å². The summed E-state index contributed by atoms with van der Waals surface area (Å²) in [6.45, 7) is 2.30. The normalized spacial score (nSPS) is 18.4. The van der Waals surface area contributed by atoms with Gasteiger partial charge in [0.05, 0.1) is 24.6 Å². The molecule has 0 spiro atoms. The van der Waals surface area contributed by atoms with Gasteiger partial charge in [-0.05, 0) is 6.92 Å². The zero-order chi connectivity index (χ0) is 14.7. The summed E-state index contributed by atoms with van der Waals surface area (Å²) in [5, 5.41) is 2.19. The Kier molecular flexibility index (Phi) is 4.33. The molecule has 1 fully saturated rings. The lowest BCUT2D eigenvalue weighted by molar-refractivity contribution is -0.142. The smallest absolute Gasteiger partial charge is 0.311 e. The summed E-state index contributed by atoms with van der Waals surface area (Å²) in [4.78, 5) is 39.9. The van der Waals surface area contributed by atoms with Crippen LogP contribution in [0.5, 0.6) is 0 Å². The Bertz CT molecular complexity index is 543. The predicted octanol–water partition coefficient (Wildman–Crippen LogP) is 0.0869. The number of nitrogens with two attached hydrogens (primary N) is 1. The summed E-state index contributed by atoms with van der Waals surface area (Å²) in [6.07, 6.45) is 0.188. The Labute approximate surface area is 119 Å². The van der Waals surface area contributed by atoms with Gasteiger partial charge in [0.2, 0.25) is 11.8 Å². The molecule has 0 saturated carbocycles. The number of anilines is 1. The van der Waals surface area contributed by atoms with E-state index in [-0.39, 0.29) is 31.3 Å². The number of hydrogen-bond donors (Lipinski definition) is 1. The number of primary amides is 1. The molecule has 8 heteroatoms. The molecule has 0 aromatic carbocycles. The minimum absolute atomic E-state index is 0.0750. The number of carbonyl (C=O) groups excluding carboxylic acids is 3. The molecule has 2 N–H and O–H groups in total. The van der Waals surface area contributed by atoms with E-state index in [4.69, 9.17) is 10.5 Å². The molecule has 2 heterocycles. The molecule has 1 saturated heterocycles. The van der Waals surface area contributed by atoms with E-state index in [9.17, 15) is 14.4 Å². The van der Waals surface area contributed by atoms with Crippen LogP contribution in [0, 0.1) is 5.92 Å². The van der Waals surface area contributed by atoms with E-state index in [1.807, 2.05) is 0 Å². The topological polar surface area (TPSA) is 103 Å². The van der Waals surface area contributed by atoms with E-state index in [0.717, 1.165) is 0 Å². The van der Waals surface area contributed by atoms with Gasteiger partial charge in [0.1, 0.15) is 0 Å². The van der Waals surface area contributed by atoms with E-state index >= 15 is 0 Å². The molecule has 0 aliphatic carbocycles. The molecule has 0 radical (unpaired) electrons. The van der Waals surface area contributed by atoms with Crippen molar-refractivity contribution in [3.8, 4) is 0 Å². The van der Waals surface area contributed by atoms with Gasteiger partial charge >= 0.3 is 5.97 Å². The van der Waals surface area contributed by atoms with Crippen LogP contribution in [0.4, 0.5) is 5.13 Å². The lowest BCUT2D eigenvalue weighted by Crippen LogP contribution is -2.28. The van der Waals surface area contributed by atoms with Crippen LogP contribution in [-0.4, -0.2) is 35.9 Å². The van der Waals surface area contributed by atoms with Gasteiger partial charge in [0, 0.05) is 18.3 Å². The third-order valence-corrected chi connectivity index (χ3v) is 3.84. The third-order valence-electron chi connectivity index (χ3n) is 2.93. The summed E-state index contributed by atoms with van der Waals surface area (Å²) < 4.78 is 4.83. The van der Waals surface area contributed by atoms with Crippen LogP contribution in [0.1, 0.15) is 19.0 Å². The van der Waals surface area contributed by atoms with Crippen LogP contribution in [0.25, 0.3) is 0 Å². The van der Waals surface area contributed by atoms with Crippen molar-refractivity contribution in [3.05, 3.63) is 11.1 Å². The van der Waals surface area contributed by atoms with Crippen molar-refractivity contribution in [3.63, 3.8) is 0 Å². The summed E-state index contributed by atoms with van der Waals surface area (Å²) in [5.41, 5.74) is 5.76. The van der Waals surface area contributed by atoms with Crippen molar-refractivity contribution in [1.82, 2.24) is 4.98 Å². The molecular formula is C12H15N3O4S. The second-order valence-corrected chi connectivity index (χ2v) is 5.25. The second kappa shape index (κ2) is 6.00. The van der Waals surface area contributed by atoms with Crippen LogP contribution >= 0.6 is 11.3 Å². The van der Waals surface area contributed by atoms with Crippen molar-refractivity contribution in [1.29, 1.82) is 0 Å². The van der Waals surface area contributed by atoms with E-state index < -0.39 is 11.8 Å². The first-order chi connectivity index (χ1) is 9.51. The van der Waals surface area contributed by atoms with Crippen LogP contribution in [-0.2, 0) is 25.5 Å². The summed E-state index contributed by atoms with van der Waals surface area (Å²) >= 11 is 1.26. The number of amides is 2. The molecule has 7 nitrogen and oxygen atoms in total. The van der Waals surface area contributed by atoms with Gasteiger partial charge in [-0.1, -0.05) is 0 Å². The Morgan fingerprint density at radius 1 is 1.60 bits per heavy atom. The average Bonchev–Trinajstić information content (AvgIpc) is 2.96. The van der Waals surface area contributed by atoms with Crippen LogP contribution in [0.3, 0.4) is 0 Å². The van der Waals surface area contributed by atoms with E-state index in [1.54, 1.807) is 12.3 Å². The van der Waals surface area contributed by atoms with Crippen molar-refractivity contribution in [2.45, 2.75) is 19.8 Å². The fraction of sp³-hybridized carbons (Fsp3) is 0.500. The fourth-order valence-electron chi connectivity index (χ4n) is 1.94. The minimum atomic E-state index is -0.482. The SMILES string of the molecule is CCOC(=O)Cc1csc(N2CC(C(N)=O)CC2=O)n1. The number of aromatic nitrogens is 1. The Hall–Kier alpha value is -1.96. The van der Waals surface area contributed by atoms with Crippen LogP contribution < -0.4 is 10.6 Å². The van der Waals surface area contributed by atoms with Gasteiger partial charge in [-0.15, -0.1) is 11.3 Å². The van der Waals surface area contributed by atoms with E-state index in [1.165, 1.54) is 16.2 Å². The molecule has 1 aliphatic rings. The molecule has 2 rings (SSSR count). The van der Waals surface area contributed by atoms with Crippen LogP contribution in [0.15, 0.2) is 5.38 Å². The number of thiazole rings is 1. The van der Waals surface area contributed by atoms with Crippen LogP contribution in [0.2, 0.25) is 0 Å². The summed E-state index contributed by atoms with van der Waals surface area (Å²) in [5.74, 6) is -1.48. The highest BCUT2D eigenvalue weighted by atomic mass is 32.1. The monoisotopic (exact) mass is 297 g/mol. The molecule has 1 unspecified atom stereocenters. The molecule has 108 valence electrons. The molecule has 1 aliphatic heterocycles. The number of ether oxygens (including phenoxy) is 1. The molecule has 2 amide bonds. The maximum atomic E-state index is 11.8. The van der Waals surface area contributed by atoms with E-state index in [0.29, 0.717) is 17.4 Å². The number of esters is 1. The minimum Gasteiger partial charge on any atom is -0.466 e. The highest BCUT2D eigenvalue weighted by Crippen LogP contribution is 2.28. The lowest BCUT2D eigenvalue weighted by Gasteiger charge is -2.11. The Morgan fingerprint density at radius 3 is 2.95 bits per heavy atom. The molecular weight excluding hydrogens is 282 g/mol. The van der Waals surface area contributed by atoms with Gasteiger partial charge in [-0.25, -0.2) is 4.98 Å². The van der Waals surface area contributed by atoms with Gasteiger partial charge in [-0.2, -0.15) is 0 Å². The third kappa shape index (κ3) is 3.13. The van der Waals surface area contributed by atoms with Crippen molar-refractivity contribution in [2.24, 2.45) is 11.7 Å². The maximum absolute atomic E-state index is 11.8. The number of rotatable bonds is 5. The number of nitrogens with zero attached hydrogens (tertiary/aromatic N) is 2. The number of hydrogen-bond acceptors (Lipinski definition) is 6. The fourth-order valence-corrected chi connectivity index (χ4v) is 2.80. The number of carbonyl (C=O) groups is 3. The largest absolute Gasteiger partial charge is 0.466 e. The molecule has 1 aromatic heterocycles. The molecule has 1 atom stereocenters. The zero-order valence-corrected chi connectivity index (χ0v) is 11.8. The van der Waals surface area contributed by atoms with Gasteiger partial charge in [0.25, 0.3) is 0 Å². The van der Waals surface area contributed by atoms with Crippen molar-refractivity contribution in [2.75, 3.05) is 18.1 Å². The first kappa shape index (κ1) is 14.4. The lowest BCUT2D eigenvalue weighted by atomic mass is 10.1. The second-order valence-electron chi connectivity index (χ2n) is 4.41. The first-order valence-electron chi connectivity index (χ1n) is 6.21. The molecule has 1 aromatic rings. The van der Waals surface area contributed by atoms with Crippen molar-refractivity contribution < 1.29 is 19.1 Å². The first-order valence-corrected chi connectivity index (χ1v) is 7.09. The van der Waals surface area contributed by atoms with Crippen molar-refractivity contribution >= 4 is 34.3 Å². The van der Waals surface area contributed by atoms with Gasteiger partial charge in [-0.3, -0.25) is 19.3 Å². The Balaban J connectivity index is 2.04. The summed E-state index contributed by atoms with van der Waals surface area (Å²) in [7, 11) is 0. The highest BCUT2D eigenvalue weighted by Gasteiger charge is 2.35. The maximum Gasteiger partial charge on any atom is 0.311 e. The predicted molar refractivity (Wildman–Crippen MR) is 72.1 cm³/mol. The zero-order valence-electron chi connectivity index (χ0n) is 11.0. The quantitative estimate of drug-likeness (QED) is 0.776. The standard InChI is InChI=1S/C12H15N3O4S/c1-2-19-10(17)4-8-6-20-12(14-8)15-5-7(11(13)18)3-9(15)16/h6-7H,2-5H2,1H3,(H2,13,18). The Morgan fingerprint density at radius 2 is 2.35 bits per heavy atom. The highest BCUT2D eigenvalue weighted by molar-refractivity contribution is 7.14. The van der Waals surface area contributed by atoms with Gasteiger partial charge in [0.15, 0.2) is 5.13 Å². The molecule has 20 heavy (non-hydrogen) atoms.